The number of halogens is 1. The van der Waals surface area contributed by atoms with Crippen molar-refractivity contribution in [1.82, 2.24) is 0 Å². The van der Waals surface area contributed by atoms with Crippen molar-refractivity contribution in [3.63, 3.8) is 0 Å². The maximum Gasteiger partial charge on any atom is 0.135 e. The molecular formula is C21H17BrO. The maximum atomic E-state index is 6.04. The zero-order chi connectivity index (χ0) is 16.1. The van der Waals surface area contributed by atoms with Crippen LogP contribution in [-0.4, -0.2) is 6.61 Å². The molecule has 0 fully saturated rings. The summed E-state index contributed by atoms with van der Waals surface area (Å²) in [7, 11) is 0. The van der Waals surface area contributed by atoms with Crippen LogP contribution in [0.3, 0.4) is 0 Å². The Kier molecular flexibility index (Phi) is 4.94. The summed E-state index contributed by atoms with van der Waals surface area (Å²) in [5.41, 5.74) is 4.41. The predicted molar refractivity (Wildman–Crippen MR) is 101 cm³/mol. The molecule has 0 amide bonds. The molecule has 0 N–H and O–H groups in total. The second kappa shape index (κ2) is 7.30. The second-order valence-corrected chi connectivity index (χ2v) is 5.98. The average molecular weight is 365 g/mol. The SMILES string of the molecule is C=CCOc1c(-c2ccccc2)cccc1-c1ccccc1Br. The van der Waals surface area contributed by atoms with Crippen LogP contribution in [0.1, 0.15) is 0 Å². The van der Waals surface area contributed by atoms with Gasteiger partial charge in [-0.2, -0.15) is 0 Å². The van der Waals surface area contributed by atoms with Crippen molar-refractivity contribution in [1.29, 1.82) is 0 Å². The van der Waals surface area contributed by atoms with Crippen LogP contribution in [-0.2, 0) is 0 Å². The summed E-state index contributed by atoms with van der Waals surface area (Å²) in [5.74, 6) is 0.880. The number of hydrogen-bond donors (Lipinski definition) is 0. The molecule has 0 heterocycles. The molecule has 0 aliphatic carbocycles. The van der Waals surface area contributed by atoms with Crippen molar-refractivity contribution in [2.75, 3.05) is 6.61 Å². The normalized spacial score (nSPS) is 10.3. The van der Waals surface area contributed by atoms with E-state index in [9.17, 15) is 0 Å². The van der Waals surface area contributed by atoms with Gasteiger partial charge in [-0.25, -0.2) is 0 Å². The topological polar surface area (TPSA) is 9.23 Å². The Balaban J connectivity index is 2.20. The van der Waals surface area contributed by atoms with Crippen LogP contribution in [0.15, 0.2) is 89.9 Å². The van der Waals surface area contributed by atoms with E-state index >= 15 is 0 Å². The lowest BCUT2D eigenvalue weighted by Gasteiger charge is -2.16. The van der Waals surface area contributed by atoms with E-state index in [1.54, 1.807) is 6.08 Å². The van der Waals surface area contributed by atoms with Crippen molar-refractivity contribution in [3.05, 3.63) is 89.9 Å². The summed E-state index contributed by atoms with van der Waals surface area (Å²) in [5, 5.41) is 0. The van der Waals surface area contributed by atoms with Gasteiger partial charge in [0.25, 0.3) is 0 Å². The van der Waals surface area contributed by atoms with Crippen LogP contribution in [0.5, 0.6) is 5.75 Å². The van der Waals surface area contributed by atoms with Crippen LogP contribution in [0.25, 0.3) is 22.3 Å². The Morgan fingerprint density at radius 1 is 0.783 bits per heavy atom. The fourth-order valence-electron chi connectivity index (χ4n) is 2.57. The van der Waals surface area contributed by atoms with Gasteiger partial charge in [-0.1, -0.05) is 95.3 Å². The van der Waals surface area contributed by atoms with Crippen LogP contribution >= 0.6 is 15.9 Å². The van der Waals surface area contributed by atoms with Gasteiger partial charge in [0.1, 0.15) is 12.4 Å². The fraction of sp³-hybridized carbons (Fsp3) is 0.0476. The summed E-state index contributed by atoms with van der Waals surface area (Å²) >= 11 is 3.64. The van der Waals surface area contributed by atoms with Crippen molar-refractivity contribution in [2.24, 2.45) is 0 Å². The minimum atomic E-state index is 0.474. The highest BCUT2D eigenvalue weighted by Crippen LogP contribution is 2.41. The maximum absolute atomic E-state index is 6.04. The lowest BCUT2D eigenvalue weighted by atomic mass is 9.97. The molecule has 0 saturated heterocycles. The van der Waals surface area contributed by atoms with Gasteiger partial charge in [0.15, 0.2) is 0 Å². The molecule has 0 bridgehead atoms. The van der Waals surface area contributed by atoms with Crippen molar-refractivity contribution < 1.29 is 4.74 Å². The first-order valence-electron chi connectivity index (χ1n) is 7.48. The lowest BCUT2D eigenvalue weighted by Crippen LogP contribution is -1.98. The molecule has 0 saturated carbocycles. The third-order valence-corrected chi connectivity index (χ3v) is 4.30. The monoisotopic (exact) mass is 364 g/mol. The molecule has 0 aliphatic heterocycles. The summed E-state index contributed by atoms with van der Waals surface area (Å²) in [6, 6.07) is 24.7. The van der Waals surface area contributed by atoms with Gasteiger partial charge in [-0.3, -0.25) is 0 Å². The van der Waals surface area contributed by atoms with Gasteiger partial charge in [-0.15, -0.1) is 0 Å². The Morgan fingerprint density at radius 2 is 1.43 bits per heavy atom. The Hall–Kier alpha value is -2.32. The molecule has 0 radical (unpaired) electrons. The third kappa shape index (κ3) is 3.38. The van der Waals surface area contributed by atoms with Gasteiger partial charge in [0.2, 0.25) is 0 Å². The zero-order valence-corrected chi connectivity index (χ0v) is 14.3. The molecule has 23 heavy (non-hydrogen) atoms. The van der Waals surface area contributed by atoms with Crippen LogP contribution in [0, 0.1) is 0 Å². The number of para-hydroxylation sites is 1. The minimum absolute atomic E-state index is 0.474. The van der Waals surface area contributed by atoms with Crippen LogP contribution in [0.4, 0.5) is 0 Å². The molecule has 0 unspecified atom stereocenters. The van der Waals surface area contributed by atoms with E-state index in [0.29, 0.717) is 6.61 Å². The highest BCUT2D eigenvalue weighted by atomic mass is 79.9. The van der Waals surface area contributed by atoms with Crippen molar-refractivity contribution >= 4 is 15.9 Å². The molecule has 0 aliphatic rings. The fourth-order valence-corrected chi connectivity index (χ4v) is 3.07. The first-order chi connectivity index (χ1) is 11.3. The lowest BCUT2D eigenvalue weighted by molar-refractivity contribution is 0.366. The average Bonchev–Trinajstić information content (AvgIpc) is 2.61. The number of hydrogen-bond acceptors (Lipinski definition) is 1. The molecule has 2 heteroatoms. The summed E-state index contributed by atoms with van der Waals surface area (Å²) < 4.78 is 7.09. The van der Waals surface area contributed by atoms with E-state index in [4.69, 9.17) is 4.74 Å². The van der Waals surface area contributed by atoms with E-state index in [1.807, 2.05) is 36.4 Å². The molecule has 114 valence electrons. The van der Waals surface area contributed by atoms with Gasteiger partial charge in [0.05, 0.1) is 0 Å². The molecule has 0 aromatic heterocycles. The largest absolute Gasteiger partial charge is 0.488 e. The summed E-state index contributed by atoms with van der Waals surface area (Å²) in [4.78, 5) is 0. The van der Waals surface area contributed by atoms with E-state index < -0.39 is 0 Å². The first-order valence-corrected chi connectivity index (χ1v) is 8.27. The Bertz CT molecular complexity index is 809. The van der Waals surface area contributed by atoms with Gasteiger partial charge < -0.3 is 4.74 Å². The van der Waals surface area contributed by atoms with Crippen LogP contribution in [0.2, 0.25) is 0 Å². The standard InChI is InChI=1S/C21H17BrO/c1-2-15-23-21-17(16-9-4-3-5-10-16)12-8-13-19(21)18-11-6-7-14-20(18)22/h2-14H,1,15H2. The van der Waals surface area contributed by atoms with E-state index in [2.05, 4.69) is 58.9 Å². The smallest absolute Gasteiger partial charge is 0.135 e. The van der Waals surface area contributed by atoms with Crippen molar-refractivity contribution in [3.8, 4) is 28.0 Å². The summed E-state index contributed by atoms with van der Waals surface area (Å²) in [6.45, 7) is 4.24. The van der Waals surface area contributed by atoms with Gasteiger partial charge >= 0.3 is 0 Å². The van der Waals surface area contributed by atoms with E-state index in [1.165, 1.54) is 0 Å². The molecule has 3 rings (SSSR count). The van der Waals surface area contributed by atoms with Gasteiger partial charge in [-0.05, 0) is 17.2 Å². The minimum Gasteiger partial charge on any atom is -0.488 e. The highest BCUT2D eigenvalue weighted by Gasteiger charge is 2.14. The molecular weight excluding hydrogens is 348 g/mol. The number of ether oxygens (including phenoxy) is 1. The van der Waals surface area contributed by atoms with Crippen LogP contribution < -0.4 is 4.74 Å². The molecule has 0 spiro atoms. The number of benzene rings is 3. The highest BCUT2D eigenvalue weighted by molar-refractivity contribution is 9.10. The second-order valence-electron chi connectivity index (χ2n) is 5.13. The summed E-state index contributed by atoms with van der Waals surface area (Å²) in [6.07, 6.45) is 1.77. The quantitative estimate of drug-likeness (QED) is 0.479. The van der Waals surface area contributed by atoms with Gasteiger partial charge in [0, 0.05) is 15.6 Å². The van der Waals surface area contributed by atoms with E-state index in [-0.39, 0.29) is 0 Å². The Labute approximate surface area is 145 Å². The Morgan fingerprint density at radius 3 is 2.17 bits per heavy atom. The first kappa shape index (κ1) is 15.6. The van der Waals surface area contributed by atoms with E-state index in [0.717, 1.165) is 32.5 Å². The predicted octanol–water partition coefficient (Wildman–Crippen LogP) is 6.35. The molecule has 3 aromatic rings. The molecule has 0 atom stereocenters. The number of rotatable bonds is 5. The molecule has 1 nitrogen and oxygen atoms in total. The van der Waals surface area contributed by atoms with Crippen molar-refractivity contribution in [2.45, 2.75) is 0 Å². The molecule has 3 aromatic carbocycles. The third-order valence-electron chi connectivity index (χ3n) is 3.61. The zero-order valence-electron chi connectivity index (χ0n) is 12.7.